The van der Waals surface area contributed by atoms with Crippen molar-refractivity contribution < 1.29 is 54.6 Å². The lowest BCUT2D eigenvalue weighted by molar-refractivity contribution is -0.705. The largest absolute Gasteiger partial charge is 0.394 e. The SMILES string of the molecule is COC1CC(OC2OC(CO)C(O)C(O)C2O)C2C(=O)C3C(O)CC(CC4(C5CCC(N)[NH2+]C5)CCCC4)CC3C(=O)C2C1. The maximum Gasteiger partial charge on any atom is 0.186 e. The van der Waals surface area contributed by atoms with Crippen LogP contribution in [0.5, 0.6) is 0 Å². The molecule has 44 heavy (non-hydrogen) atoms. The van der Waals surface area contributed by atoms with Gasteiger partial charge in [0, 0.05) is 37.7 Å². The second-order valence-corrected chi connectivity index (χ2v) is 14.9. The molecule has 15 unspecified atom stereocenters. The van der Waals surface area contributed by atoms with Crippen molar-refractivity contribution in [3.8, 4) is 0 Å². The fourth-order valence-electron chi connectivity index (χ4n) is 10.2. The van der Waals surface area contributed by atoms with Crippen molar-refractivity contribution in [2.75, 3.05) is 20.3 Å². The molecular weight excluding hydrogens is 572 g/mol. The molecule has 2 saturated heterocycles. The fraction of sp³-hybridized carbons (Fsp3) is 0.938. The summed E-state index contributed by atoms with van der Waals surface area (Å²) < 4.78 is 17.4. The molecular formula is C32H53N2O10+. The zero-order chi connectivity index (χ0) is 31.3. The van der Waals surface area contributed by atoms with Crippen LogP contribution < -0.4 is 11.1 Å². The lowest BCUT2D eigenvalue weighted by atomic mass is 9.54. The number of hydrogen-bond donors (Lipinski definition) is 7. The summed E-state index contributed by atoms with van der Waals surface area (Å²) in [5.41, 5.74) is 6.39. The molecule has 12 heteroatoms. The molecule has 0 spiro atoms. The van der Waals surface area contributed by atoms with Crippen molar-refractivity contribution in [3.05, 3.63) is 0 Å². The van der Waals surface area contributed by atoms with Gasteiger partial charge in [-0.15, -0.1) is 0 Å². The van der Waals surface area contributed by atoms with Crippen molar-refractivity contribution >= 4 is 11.6 Å². The Labute approximate surface area is 259 Å². The minimum absolute atomic E-state index is 0.0232. The highest BCUT2D eigenvalue weighted by Gasteiger charge is 2.60. The summed E-state index contributed by atoms with van der Waals surface area (Å²) in [6.45, 7) is 0.419. The summed E-state index contributed by atoms with van der Waals surface area (Å²) >= 11 is 0. The van der Waals surface area contributed by atoms with E-state index in [9.17, 15) is 35.1 Å². The third kappa shape index (κ3) is 5.93. The molecule has 0 aromatic rings. The van der Waals surface area contributed by atoms with Crippen molar-refractivity contribution in [3.63, 3.8) is 0 Å². The Balaban J connectivity index is 1.20. The van der Waals surface area contributed by atoms with Crippen LogP contribution in [0.2, 0.25) is 0 Å². The van der Waals surface area contributed by atoms with E-state index in [-0.39, 0.29) is 41.6 Å². The van der Waals surface area contributed by atoms with Gasteiger partial charge in [-0.2, -0.15) is 0 Å². The minimum Gasteiger partial charge on any atom is -0.394 e. The third-order valence-electron chi connectivity index (χ3n) is 12.5. The molecule has 0 radical (unpaired) electrons. The van der Waals surface area contributed by atoms with E-state index in [0.717, 1.165) is 25.8 Å². The summed E-state index contributed by atoms with van der Waals surface area (Å²) in [7, 11) is 1.55. The molecule has 12 nitrogen and oxygen atoms in total. The van der Waals surface area contributed by atoms with Crippen LogP contribution in [0.3, 0.4) is 0 Å². The Morgan fingerprint density at radius 3 is 2.32 bits per heavy atom. The first-order valence-corrected chi connectivity index (χ1v) is 16.9. The topological polar surface area (TPSA) is 206 Å². The summed E-state index contributed by atoms with van der Waals surface area (Å²) in [6.07, 6.45) is 0.190. The standard InChI is InChI=1S/C32H52N2O10/c1-42-17-10-19-25(21(11-17)43-31-30(41)29(40)27(38)22(14-35)44-31)28(39)24-18(26(19)37)8-15(9-20(24)36)12-32(6-2-3-7-32)16-4-5-23(33)34-13-16/h15-25,27,29-31,34-36,38,40-41H,2-14,33H2,1H3/p+1. The summed E-state index contributed by atoms with van der Waals surface area (Å²) in [5.74, 6) is -2.34. The van der Waals surface area contributed by atoms with Crippen molar-refractivity contribution in [2.45, 2.75) is 126 Å². The van der Waals surface area contributed by atoms with E-state index in [0.29, 0.717) is 25.2 Å². The molecule has 0 aromatic carbocycles. The van der Waals surface area contributed by atoms with E-state index >= 15 is 0 Å². The quantitative estimate of drug-likeness (QED) is 0.175. The number of hydrogen-bond acceptors (Lipinski definition) is 11. The Morgan fingerprint density at radius 1 is 0.932 bits per heavy atom. The molecule has 9 N–H and O–H groups in total. The van der Waals surface area contributed by atoms with Gasteiger partial charge >= 0.3 is 0 Å². The number of ether oxygens (including phenoxy) is 3. The third-order valence-corrected chi connectivity index (χ3v) is 12.5. The molecule has 2 aliphatic heterocycles. The monoisotopic (exact) mass is 625 g/mol. The van der Waals surface area contributed by atoms with Gasteiger partial charge in [0.2, 0.25) is 0 Å². The number of ketones is 2. The summed E-state index contributed by atoms with van der Waals surface area (Å²) in [4.78, 5) is 28.5. The van der Waals surface area contributed by atoms with Crippen molar-refractivity contribution in [1.82, 2.24) is 0 Å². The van der Waals surface area contributed by atoms with Crippen LogP contribution in [0.25, 0.3) is 0 Å². The van der Waals surface area contributed by atoms with Crippen LogP contribution in [0.4, 0.5) is 0 Å². The van der Waals surface area contributed by atoms with Gasteiger partial charge in [-0.05, 0) is 56.3 Å². The van der Waals surface area contributed by atoms with Crippen molar-refractivity contribution in [2.24, 2.45) is 46.7 Å². The van der Waals surface area contributed by atoms with Gasteiger partial charge in [0.1, 0.15) is 42.1 Å². The number of rotatable bonds is 7. The van der Waals surface area contributed by atoms with Gasteiger partial charge in [0.05, 0.1) is 43.3 Å². The number of fused-ring (bicyclic) bond motifs is 2. The predicted molar refractivity (Wildman–Crippen MR) is 154 cm³/mol. The van der Waals surface area contributed by atoms with E-state index in [1.165, 1.54) is 25.7 Å². The number of Topliss-reactive ketones (excluding diaryl/α,β-unsaturated/α-hetero) is 2. The zero-order valence-electron chi connectivity index (χ0n) is 25.8. The van der Waals surface area contributed by atoms with Gasteiger partial charge < -0.3 is 45.1 Å². The molecule has 6 fully saturated rings. The van der Waals surface area contributed by atoms with Gasteiger partial charge in [-0.25, -0.2) is 0 Å². The molecule has 4 aliphatic carbocycles. The maximum atomic E-state index is 14.3. The Kier molecular flexibility index (Phi) is 9.87. The van der Waals surface area contributed by atoms with E-state index in [4.69, 9.17) is 19.9 Å². The number of aliphatic hydroxyl groups excluding tert-OH is 5. The molecule has 6 aliphatic rings. The summed E-state index contributed by atoms with van der Waals surface area (Å²) in [5, 5.41) is 54.5. The van der Waals surface area contributed by atoms with Crippen LogP contribution in [0.15, 0.2) is 0 Å². The molecule has 6 rings (SSSR count). The second-order valence-electron chi connectivity index (χ2n) is 14.9. The van der Waals surface area contributed by atoms with Gasteiger partial charge in [0.25, 0.3) is 0 Å². The minimum atomic E-state index is -1.63. The number of carbonyl (C=O) groups excluding carboxylic acids is 2. The Morgan fingerprint density at radius 2 is 1.66 bits per heavy atom. The van der Waals surface area contributed by atoms with Crippen LogP contribution in [-0.4, -0.2) is 113 Å². The highest BCUT2D eigenvalue weighted by atomic mass is 16.7. The highest BCUT2D eigenvalue weighted by Crippen LogP contribution is 2.55. The number of nitrogens with two attached hydrogens (primary N) is 2. The molecule has 250 valence electrons. The van der Waals surface area contributed by atoms with Crippen LogP contribution in [0, 0.1) is 40.9 Å². The first kappa shape index (κ1) is 32.9. The van der Waals surface area contributed by atoms with E-state index < -0.39 is 73.2 Å². The van der Waals surface area contributed by atoms with Gasteiger partial charge in [0.15, 0.2) is 6.29 Å². The zero-order valence-corrected chi connectivity index (χ0v) is 25.8. The first-order valence-electron chi connectivity index (χ1n) is 16.9. The predicted octanol–water partition coefficient (Wildman–Crippen LogP) is -1.42. The molecule has 4 saturated carbocycles. The smallest absolute Gasteiger partial charge is 0.186 e. The maximum absolute atomic E-state index is 14.3. The number of piperidine rings is 1. The average Bonchev–Trinajstić information content (AvgIpc) is 3.49. The normalized spacial score (nSPS) is 49.4. The lowest BCUT2D eigenvalue weighted by Crippen LogP contribution is -2.95. The van der Waals surface area contributed by atoms with E-state index in [1.54, 1.807) is 7.11 Å². The Hall–Kier alpha value is -1.06. The molecule has 0 amide bonds. The molecule has 15 atom stereocenters. The van der Waals surface area contributed by atoms with Crippen molar-refractivity contribution in [1.29, 1.82) is 0 Å². The number of carbonyl (C=O) groups is 2. The number of quaternary nitrogens is 1. The lowest BCUT2D eigenvalue weighted by Gasteiger charge is -2.52. The summed E-state index contributed by atoms with van der Waals surface area (Å²) in [6, 6.07) is 0. The van der Waals surface area contributed by atoms with Gasteiger partial charge in [-0.1, -0.05) is 12.8 Å². The van der Waals surface area contributed by atoms with Gasteiger partial charge in [-0.3, -0.25) is 15.3 Å². The van der Waals surface area contributed by atoms with E-state index in [1.807, 2.05) is 0 Å². The number of methoxy groups -OCH3 is 1. The molecule has 2 heterocycles. The van der Waals surface area contributed by atoms with E-state index in [2.05, 4.69) is 5.32 Å². The van der Waals surface area contributed by atoms with Crippen LogP contribution >= 0.6 is 0 Å². The molecule has 0 aromatic heterocycles. The second kappa shape index (κ2) is 13.2. The fourth-order valence-corrected chi connectivity index (χ4v) is 10.2. The highest BCUT2D eigenvalue weighted by molar-refractivity contribution is 6.00. The molecule has 0 bridgehead atoms. The van der Waals surface area contributed by atoms with Crippen LogP contribution in [0.1, 0.15) is 70.6 Å². The number of aliphatic hydroxyl groups is 5. The Bertz CT molecular complexity index is 1030. The van der Waals surface area contributed by atoms with Crippen LogP contribution in [-0.2, 0) is 23.8 Å². The average molecular weight is 626 g/mol. The first-order chi connectivity index (χ1) is 21.1.